The Morgan fingerprint density at radius 2 is 1.58 bits per heavy atom. The van der Waals surface area contributed by atoms with E-state index in [0.29, 0.717) is 4.80 Å². The molecule has 0 fully saturated rings. The highest BCUT2D eigenvalue weighted by molar-refractivity contribution is 7.16. The van der Waals surface area contributed by atoms with Gasteiger partial charge in [0.05, 0.1) is 23.2 Å². The lowest BCUT2D eigenvalue weighted by Gasteiger charge is -2.14. The zero-order valence-electron chi connectivity index (χ0n) is 17.3. The van der Waals surface area contributed by atoms with Crippen molar-refractivity contribution in [1.29, 1.82) is 0 Å². The molecule has 0 atom stereocenters. The predicted molar refractivity (Wildman–Crippen MR) is 122 cm³/mol. The van der Waals surface area contributed by atoms with Gasteiger partial charge in [0.25, 0.3) is 5.91 Å². The molecular weight excluding hydrogens is 408 g/mol. The van der Waals surface area contributed by atoms with Crippen molar-refractivity contribution in [3.63, 3.8) is 0 Å². The number of carbonyl (C=O) groups excluding carboxylic acids is 2. The van der Waals surface area contributed by atoms with E-state index in [-0.39, 0.29) is 12.5 Å². The minimum absolute atomic E-state index is 0.00693. The third-order valence-corrected chi connectivity index (χ3v) is 6.11. The summed E-state index contributed by atoms with van der Waals surface area (Å²) in [5.74, 6) is -1.20. The number of hydrogen-bond acceptors (Lipinski definition) is 4. The summed E-state index contributed by atoms with van der Waals surface area (Å²) in [6.45, 7) is 2.00. The third kappa shape index (κ3) is 4.49. The van der Waals surface area contributed by atoms with Crippen molar-refractivity contribution < 1.29 is 14.3 Å². The standard InChI is InChI=1S/C25H22N2O3S/c1-17-13-14-20-21(15-17)31-25(27(20)16-22(28)30-2)26-24(29)23(18-9-5-3-6-10-18)19-11-7-4-8-12-19/h3-15,23H,16H2,1-2H3. The van der Waals surface area contributed by atoms with Crippen LogP contribution in [0.4, 0.5) is 0 Å². The van der Waals surface area contributed by atoms with Crippen molar-refractivity contribution in [1.82, 2.24) is 4.57 Å². The number of ether oxygens (including phenoxy) is 1. The first-order chi connectivity index (χ1) is 15.1. The molecular formula is C25H22N2O3S. The predicted octanol–water partition coefficient (Wildman–Crippen LogP) is 4.44. The molecule has 4 rings (SSSR count). The molecule has 5 nitrogen and oxygen atoms in total. The monoisotopic (exact) mass is 430 g/mol. The van der Waals surface area contributed by atoms with Gasteiger partial charge in [0.15, 0.2) is 4.80 Å². The molecule has 1 aromatic heterocycles. The molecule has 0 radical (unpaired) electrons. The summed E-state index contributed by atoms with van der Waals surface area (Å²) in [4.78, 5) is 30.5. The van der Waals surface area contributed by atoms with E-state index in [9.17, 15) is 9.59 Å². The number of carbonyl (C=O) groups is 2. The Hall–Kier alpha value is -3.51. The van der Waals surface area contributed by atoms with Crippen molar-refractivity contribution in [2.75, 3.05) is 7.11 Å². The molecule has 156 valence electrons. The van der Waals surface area contributed by atoms with Crippen molar-refractivity contribution in [2.24, 2.45) is 4.99 Å². The number of fused-ring (bicyclic) bond motifs is 1. The summed E-state index contributed by atoms with van der Waals surface area (Å²) in [6, 6.07) is 25.2. The summed E-state index contributed by atoms with van der Waals surface area (Å²) in [6.07, 6.45) is 0. The Balaban J connectivity index is 1.86. The lowest BCUT2D eigenvalue weighted by molar-refractivity contribution is -0.141. The van der Waals surface area contributed by atoms with Crippen LogP contribution in [0.25, 0.3) is 10.2 Å². The highest BCUT2D eigenvalue weighted by Crippen LogP contribution is 2.26. The number of benzene rings is 3. The SMILES string of the molecule is COC(=O)Cn1c(=NC(=O)C(c2ccccc2)c2ccccc2)sc2cc(C)ccc21. The van der Waals surface area contributed by atoms with Crippen LogP contribution in [0.2, 0.25) is 0 Å². The molecule has 0 N–H and O–H groups in total. The van der Waals surface area contributed by atoms with Gasteiger partial charge in [-0.2, -0.15) is 4.99 Å². The summed E-state index contributed by atoms with van der Waals surface area (Å²) >= 11 is 1.39. The van der Waals surface area contributed by atoms with E-state index in [1.165, 1.54) is 18.4 Å². The maximum atomic E-state index is 13.5. The molecule has 0 saturated carbocycles. The molecule has 31 heavy (non-hydrogen) atoms. The molecule has 0 spiro atoms. The summed E-state index contributed by atoms with van der Waals surface area (Å²) in [5, 5.41) is 0. The van der Waals surface area contributed by atoms with Crippen molar-refractivity contribution in [3.8, 4) is 0 Å². The molecule has 0 bridgehead atoms. The van der Waals surface area contributed by atoms with Gasteiger partial charge in [-0.1, -0.05) is 78.1 Å². The Bertz CT molecular complexity index is 1250. The summed E-state index contributed by atoms with van der Waals surface area (Å²) in [5.41, 5.74) is 3.70. The van der Waals surface area contributed by atoms with Crippen LogP contribution in [-0.4, -0.2) is 23.6 Å². The fourth-order valence-corrected chi connectivity index (χ4v) is 4.67. The average molecular weight is 431 g/mol. The minimum Gasteiger partial charge on any atom is -0.468 e. The van der Waals surface area contributed by atoms with Crippen LogP contribution < -0.4 is 4.80 Å². The highest BCUT2D eigenvalue weighted by Gasteiger charge is 2.23. The zero-order valence-corrected chi connectivity index (χ0v) is 18.1. The Kier molecular flexibility index (Phi) is 6.09. The molecule has 0 aliphatic carbocycles. The van der Waals surface area contributed by atoms with Crippen LogP contribution in [0.3, 0.4) is 0 Å². The first-order valence-corrected chi connectivity index (χ1v) is 10.7. The van der Waals surface area contributed by atoms with Gasteiger partial charge in [0, 0.05) is 0 Å². The van der Waals surface area contributed by atoms with E-state index in [0.717, 1.165) is 26.9 Å². The van der Waals surface area contributed by atoms with E-state index in [1.807, 2.05) is 85.8 Å². The van der Waals surface area contributed by atoms with Gasteiger partial charge in [0.1, 0.15) is 6.54 Å². The number of esters is 1. The maximum Gasteiger partial charge on any atom is 0.325 e. The van der Waals surface area contributed by atoms with Crippen molar-refractivity contribution >= 4 is 33.4 Å². The van der Waals surface area contributed by atoms with E-state index in [1.54, 1.807) is 4.57 Å². The van der Waals surface area contributed by atoms with Gasteiger partial charge in [-0.05, 0) is 35.7 Å². The first-order valence-electron chi connectivity index (χ1n) is 9.92. The van der Waals surface area contributed by atoms with Crippen LogP contribution in [-0.2, 0) is 20.9 Å². The second-order valence-electron chi connectivity index (χ2n) is 7.22. The number of amides is 1. The molecule has 1 amide bonds. The van der Waals surface area contributed by atoms with E-state index in [2.05, 4.69) is 4.99 Å². The fourth-order valence-electron chi connectivity index (χ4n) is 3.54. The fraction of sp³-hybridized carbons (Fsp3) is 0.160. The van der Waals surface area contributed by atoms with E-state index < -0.39 is 11.9 Å². The molecule has 3 aromatic carbocycles. The van der Waals surface area contributed by atoms with Crippen LogP contribution in [0.5, 0.6) is 0 Å². The van der Waals surface area contributed by atoms with Gasteiger partial charge < -0.3 is 9.30 Å². The van der Waals surface area contributed by atoms with Gasteiger partial charge in [-0.3, -0.25) is 9.59 Å². The van der Waals surface area contributed by atoms with Gasteiger partial charge >= 0.3 is 5.97 Å². The topological polar surface area (TPSA) is 60.7 Å². The van der Waals surface area contributed by atoms with Gasteiger partial charge in [0.2, 0.25) is 0 Å². The lowest BCUT2D eigenvalue weighted by atomic mass is 9.91. The molecule has 0 unspecified atom stereocenters. The summed E-state index contributed by atoms with van der Waals surface area (Å²) < 4.78 is 7.57. The zero-order chi connectivity index (χ0) is 21.8. The number of rotatable bonds is 5. The van der Waals surface area contributed by atoms with Crippen LogP contribution in [0.15, 0.2) is 83.9 Å². The van der Waals surface area contributed by atoms with Crippen molar-refractivity contribution in [3.05, 3.63) is 100 Å². The summed E-state index contributed by atoms with van der Waals surface area (Å²) in [7, 11) is 1.35. The second kappa shape index (κ2) is 9.10. The van der Waals surface area contributed by atoms with Gasteiger partial charge in [-0.25, -0.2) is 0 Å². The smallest absolute Gasteiger partial charge is 0.325 e. The largest absolute Gasteiger partial charge is 0.468 e. The quantitative estimate of drug-likeness (QED) is 0.440. The highest BCUT2D eigenvalue weighted by atomic mass is 32.1. The first kappa shape index (κ1) is 20.8. The Morgan fingerprint density at radius 3 is 2.16 bits per heavy atom. The van der Waals surface area contributed by atoms with Gasteiger partial charge in [-0.15, -0.1) is 0 Å². The maximum absolute atomic E-state index is 13.5. The number of thiazole rings is 1. The second-order valence-corrected chi connectivity index (χ2v) is 8.23. The number of hydrogen-bond donors (Lipinski definition) is 0. The van der Waals surface area contributed by atoms with Crippen molar-refractivity contribution in [2.45, 2.75) is 19.4 Å². The number of methoxy groups -OCH3 is 1. The van der Waals surface area contributed by atoms with E-state index in [4.69, 9.17) is 4.74 Å². The number of aromatic nitrogens is 1. The van der Waals surface area contributed by atoms with Crippen LogP contribution in [0.1, 0.15) is 22.6 Å². The number of aryl methyl sites for hydroxylation is 1. The third-order valence-electron chi connectivity index (χ3n) is 5.07. The molecule has 0 saturated heterocycles. The lowest BCUT2D eigenvalue weighted by Crippen LogP contribution is -2.24. The molecule has 1 heterocycles. The average Bonchev–Trinajstić information content (AvgIpc) is 3.11. The van der Waals surface area contributed by atoms with Crippen LogP contribution in [0, 0.1) is 6.92 Å². The molecule has 4 aromatic rings. The molecule has 0 aliphatic heterocycles. The minimum atomic E-state index is -0.527. The number of nitrogens with zero attached hydrogens (tertiary/aromatic N) is 2. The van der Waals surface area contributed by atoms with Crippen LogP contribution >= 0.6 is 11.3 Å². The Labute approximate surface area is 184 Å². The normalized spacial score (nSPS) is 11.8. The molecule has 6 heteroatoms. The van der Waals surface area contributed by atoms with E-state index >= 15 is 0 Å². The molecule has 0 aliphatic rings. The Morgan fingerprint density at radius 1 is 0.968 bits per heavy atom.